The Hall–Kier alpha value is -3.12. The number of nitrogens with zero attached hydrogens (tertiary/aromatic N) is 3. The molecule has 0 saturated heterocycles. The highest BCUT2D eigenvalue weighted by Gasteiger charge is 2.28. The smallest absolute Gasteiger partial charge is 0.129 e. The van der Waals surface area contributed by atoms with Crippen molar-refractivity contribution in [3.63, 3.8) is 0 Å². The number of hydrogen-bond donors (Lipinski definition) is 0. The molecule has 0 amide bonds. The van der Waals surface area contributed by atoms with Crippen LogP contribution in [0.4, 0.5) is 5.82 Å². The van der Waals surface area contributed by atoms with E-state index in [4.69, 9.17) is 5.26 Å². The summed E-state index contributed by atoms with van der Waals surface area (Å²) in [7, 11) is 0. The van der Waals surface area contributed by atoms with Crippen LogP contribution in [0.1, 0.15) is 28.3 Å². The minimum atomic E-state index is 0.257. The molecule has 1 aliphatic heterocycles. The first kappa shape index (κ1) is 15.4. The van der Waals surface area contributed by atoms with Gasteiger partial charge >= 0.3 is 0 Å². The predicted octanol–water partition coefficient (Wildman–Crippen LogP) is 4.30. The average molecular weight is 325 g/mol. The lowest BCUT2D eigenvalue weighted by molar-refractivity contribution is 0.573. The zero-order valence-corrected chi connectivity index (χ0v) is 14.0. The first-order chi connectivity index (χ1) is 12.3. The van der Waals surface area contributed by atoms with Crippen molar-refractivity contribution in [3.05, 3.63) is 95.2 Å². The normalized spacial score (nSPS) is 16.1. The Kier molecular flexibility index (Phi) is 4.18. The summed E-state index contributed by atoms with van der Waals surface area (Å²) in [6.45, 7) is 0.938. The second-order valence-electron chi connectivity index (χ2n) is 6.36. The van der Waals surface area contributed by atoms with Crippen molar-refractivity contribution in [2.45, 2.75) is 18.9 Å². The highest BCUT2D eigenvalue weighted by molar-refractivity contribution is 5.49. The zero-order chi connectivity index (χ0) is 17.1. The molecule has 3 heteroatoms. The monoisotopic (exact) mass is 325 g/mol. The van der Waals surface area contributed by atoms with Crippen LogP contribution in [-0.2, 0) is 12.8 Å². The third-order valence-electron chi connectivity index (χ3n) is 4.86. The van der Waals surface area contributed by atoms with Gasteiger partial charge < -0.3 is 4.90 Å². The van der Waals surface area contributed by atoms with Crippen molar-refractivity contribution in [3.8, 4) is 6.07 Å². The van der Waals surface area contributed by atoms with E-state index in [0.717, 1.165) is 25.2 Å². The van der Waals surface area contributed by atoms with Gasteiger partial charge in [-0.2, -0.15) is 5.26 Å². The molecule has 3 aromatic rings. The third kappa shape index (κ3) is 3.12. The molecule has 2 aromatic carbocycles. The Bertz CT molecular complexity index is 895. The van der Waals surface area contributed by atoms with Crippen LogP contribution in [0.2, 0.25) is 0 Å². The summed E-state index contributed by atoms with van der Waals surface area (Å²) >= 11 is 0. The minimum absolute atomic E-state index is 0.257. The Labute approximate surface area is 148 Å². The summed E-state index contributed by atoms with van der Waals surface area (Å²) in [4.78, 5) is 6.91. The maximum atomic E-state index is 9.01. The fourth-order valence-corrected chi connectivity index (χ4v) is 3.61. The molecular weight excluding hydrogens is 306 g/mol. The summed E-state index contributed by atoms with van der Waals surface area (Å²) in [5, 5.41) is 9.01. The fourth-order valence-electron chi connectivity index (χ4n) is 3.61. The van der Waals surface area contributed by atoms with Gasteiger partial charge in [0.1, 0.15) is 11.9 Å². The van der Waals surface area contributed by atoms with Crippen molar-refractivity contribution in [2.24, 2.45) is 0 Å². The molecule has 3 nitrogen and oxygen atoms in total. The lowest BCUT2D eigenvalue weighted by Crippen LogP contribution is -2.37. The van der Waals surface area contributed by atoms with E-state index >= 15 is 0 Å². The standard InChI is InChI=1S/C22H19N3/c23-15-18-10-11-22(24-16-18)25-13-12-19-8-4-5-9-20(19)21(25)14-17-6-2-1-3-7-17/h1-11,16,21H,12-14H2. The molecule has 1 atom stereocenters. The Morgan fingerprint density at radius 3 is 2.56 bits per heavy atom. The lowest BCUT2D eigenvalue weighted by Gasteiger charge is -2.38. The maximum absolute atomic E-state index is 9.01. The number of benzene rings is 2. The van der Waals surface area contributed by atoms with Gasteiger partial charge in [-0.3, -0.25) is 0 Å². The predicted molar refractivity (Wildman–Crippen MR) is 99.3 cm³/mol. The van der Waals surface area contributed by atoms with Crippen molar-refractivity contribution in [1.29, 1.82) is 5.26 Å². The van der Waals surface area contributed by atoms with Crippen LogP contribution in [0.25, 0.3) is 0 Å². The molecule has 0 aliphatic carbocycles. The van der Waals surface area contributed by atoms with E-state index in [1.807, 2.05) is 12.1 Å². The van der Waals surface area contributed by atoms with E-state index in [9.17, 15) is 0 Å². The van der Waals surface area contributed by atoms with E-state index in [-0.39, 0.29) is 6.04 Å². The SMILES string of the molecule is N#Cc1ccc(N2CCc3ccccc3C2Cc2ccccc2)nc1. The van der Waals surface area contributed by atoms with Crippen molar-refractivity contribution in [2.75, 3.05) is 11.4 Å². The Morgan fingerprint density at radius 2 is 1.80 bits per heavy atom. The maximum Gasteiger partial charge on any atom is 0.129 e. The summed E-state index contributed by atoms with van der Waals surface area (Å²) in [6, 6.07) is 25.5. The number of nitriles is 1. The highest BCUT2D eigenvalue weighted by Crippen LogP contribution is 2.35. The van der Waals surface area contributed by atoms with Gasteiger partial charge in [-0.15, -0.1) is 0 Å². The minimum Gasteiger partial charge on any atom is -0.349 e. The Balaban J connectivity index is 1.73. The van der Waals surface area contributed by atoms with Gasteiger partial charge in [0.05, 0.1) is 11.6 Å². The Morgan fingerprint density at radius 1 is 1.00 bits per heavy atom. The van der Waals surface area contributed by atoms with Crippen LogP contribution in [0.15, 0.2) is 72.9 Å². The number of aromatic nitrogens is 1. The van der Waals surface area contributed by atoms with Crippen LogP contribution < -0.4 is 4.90 Å². The molecule has 2 heterocycles. The van der Waals surface area contributed by atoms with E-state index < -0.39 is 0 Å². The van der Waals surface area contributed by atoms with Crippen molar-refractivity contribution in [1.82, 2.24) is 4.98 Å². The fraction of sp³-hybridized carbons (Fsp3) is 0.182. The first-order valence-corrected chi connectivity index (χ1v) is 8.59. The van der Waals surface area contributed by atoms with Gasteiger partial charge in [0.2, 0.25) is 0 Å². The molecule has 1 aliphatic rings. The molecule has 25 heavy (non-hydrogen) atoms. The van der Waals surface area contributed by atoms with Gasteiger partial charge in [0.25, 0.3) is 0 Å². The number of pyridine rings is 1. The van der Waals surface area contributed by atoms with Crippen LogP contribution in [-0.4, -0.2) is 11.5 Å². The molecule has 1 aromatic heterocycles. The molecule has 122 valence electrons. The zero-order valence-electron chi connectivity index (χ0n) is 14.0. The second kappa shape index (κ2) is 6.78. The van der Waals surface area contributed by atoms with Gasteiger partial charge in [-0.25, -0.2) is 4.98 Å². The molecule has 0 fully saturated rings. The van der Waals surface area contributed by atoms with Crippen LogP contribution >= 0.6 is 0 Å². The first-order valence-electron chi connectivity index (χ1n) is 8.59. The van der Waals surface area contributed by atoms with Gasteiger partial charge in [-0.1, -0.05) is 54.6 Å². The van der Waals surface area contributed by atoms with Gasteiger partial charge in [0.15, 0.2) is 0 Å². The van der Waals surface area contributed by atoms with E-state index in [1.54, 1.807) is 6.20 Å². The van der Waals surface area contributed by atoms with E-state index in [1.165, 1.54) is 16.7 Å². The van der Waals surface area contributed by atoms with Crippen LogP contribution in [0, 0.1) is 11.3 Å². The third-order valence-corrected chi connectivity index (χ3v) is 4.86. The largest absolute Gasteiger partial charge is 0.349 e. The summed E-state index contributed by atoms with van der Waals surface area (Å²) in [5.74, 6) is 0.939. The van der Waals surface area contributed by atoms with Crippen LogP contribution in [0.3, 0.4) is 0 Å². The second-order valence-corrected chi connectivity index (χ2v) is 6.36. The molecule has 0 spiro atoms. The van der Waals surface area contributed by atoms with E-state index in [2.05, 4.69) is 70.6 Å². The lowest BCUT2D eigenvalue weighted by atomic mass is 9.88. The average Bonchev–Trinajstić information content (AvgIpc) is 2.69. The quantitative estimate of drug-likeness (QED) is 0.721. The van der Waals surface area contributed by atoms with Gasteiger partial charge in [-0.05, 0) is 41.7 Å². The summed E-state index contributed by atoms with van der Waals surface area (Å²) in [5.41, 5.74) is 4.72. The molecule has 0 radical (unpaired) electrons. The van der Waals surface area contributed by atoms with Crippen LogP contribution in [0.5, 0.6) is 0 Å². The van der Waals surface area contributed by atoms with Crippen molar-refractivity contribution < 1.29 is 0 Å². The number of hydrogen-bond acceptors (Lipinski definition) is 3. The number of anilines is 1. The summed E-state index contributed by atoms with van der Waals surface area (Å²) < 4.78 is 0. The molecule has 1 unspecified atom stereocenters. The van der Waals surface area contributed by atoms with Gasteiger partial charge in [0, 0.05) is 12.7 Å². The molecular formula is C22H19N3. The molecule has 0 N–H and O–H groups in total. The number of rotatable bonds is 3. The molecule has 0 bridgehead atoms. The highest BCUT2D eigenvalue weighted by atomic mass is 15.2. The van der Waals surface area contributed by atoms with Crippen molar-refractivity contribution >= 4 is 5.82 Å². The molecule has 0 saturated carbocycles. The number of fused-ring (bicyclic) bond motifs is 1. The van der Waals surface area contributed by atoms with E-state index in [0.29, 0.717) is 5.56 Å². The molecule has 4 rings (SSSR count). The summed E-state index contributed by atoms with van der Waals surface area (Å²) in [6.07, 6.45) is 3.62. The topological polar surface area (TPSA) is 39.9 Å².